The Morgan fingerprint density at radius 2 is 0.644 bits per heavy atom. The van der Waals surface area contributed by atoms with E-state index in [-0.39, 0.29) is 86.7 Å². The molecule has 0 radical (unpaired) electrons. The Morgan fingerprint density at radius 1 is 0.411 bits per heavy atom. The molecule has 3 aromatic rings. The molecule has 0 amide bonds. The number of nitro benzene ring substituents is 1. The summed E-state index contributed by atoms with van der Waals surface area (Å²) in [6.07, 6.45) is 0. The van der Waals surface area contributed by atoms with E-state index in [9.17, 15) is 10.1 Å². The molecule has 0 aliphatic carbocycles. The standard InChI is InChI=1S/C17H22N2O2.C16H19N3O4.C16H20N2O2.6ClH.3Pd/c1-11-6-7-12(14-18-16(2,3)9-20-14)13(8-11)15-19-17(4,5)10-21-15;1-15(2)8-22-13(17-15)11-6-5-10(19(20)21)7-12(11)14-18-16(3,4)9-23-14;1-15(2)9-19-13(17-15)11-7-5-6-8-12(11)14-18-16(3,4)10-20-14;;;;;;;;;/h6-8H,9-10H2,1-5H3;5-7H,8-9H2,1-4H3;5-8H,9-10H2,1-4H3;6*1H;;;/q;;;;;;;;;3*+2/p-6. The SMILES string of the molecule is CC1(C)COC(c2ccc([N+](=O)[O-])cc2C2=NC(C)(C)CO2)=N1.CC1(C)COC(c2ccccc2C2=NC(C)(C)CO2)=N1.Cc1ccc(C2=NC(C)(C)CO2)c(C2=NC(C)(C)CO2)c1.[Cl][Pd][Cl].[Cl][Pd][Cl].[Cl][Pd][Cl]. The summed E-state index contributed by atoms with van der Waals surface area (Å²) in [6, 6.07) is 18.7. The molecule has 3 aromatic carbocycles. The number of halogens is 6. The summed E-state index contributed by atoms with van der Waals surface area (Å²) in [4.78, 5) is 38.4. The Bertz CT molecular complexity index is 2570. The second kappa shape index (κ2) is 27.3. The van der Waals surface area contributed by atoms with Crippen molar-refractivity contribution in [2.24, 2.45) is 30.0 Å². The third-order valence-electron chi connectivity index (χ3n) is 10.5. The fraction of sp³-hybridized carbons (Fsp3) is 0.510. The molecule has 0 spiro atoms. The Hall–Kier alpha value is -2.39. The van der Waals surface area contributed by atoms with Crippen molar-refractivity contribution in [1.29, 1.82) is 0 Å². The first-order valence-corrected chi connectivity index (χ1v) is 34.4. The number of benzene rings is 3. The predicted octanol–water partition coefficient (Wildman–Crippen LogP) is 12.7. The Balaban J connectivity index is 0.000000219. The van der Waals surface area contributed by atoms with Gasteiger partial charge in [-0.1, -0.05) is 23.8 Å². The molecule has 6 aliphatic rings. The van der Waals surface area contributed by atoms with Crippen molar-refractivity contribution in [2.45, 2.75) is 123 Å². The average molecular weight is 1410 g/mol. The summed E-state index contributed by atoms with van der Waals surface area (Å²) >= 11 is -0.317. The van der Waals surface area contributed by atoms with Crippen LogP contribution in [-0.2, 0) is 76.2 Å². The van der Waals surface area contributed by atoms with Crippen LogP contribution in [0.4, 0.5) is 5.69 Å². The molecule has 0 unspecified atom stereocenters. The van der Waals surface area contributed by atoms with Gasteiger partial charge in [0.1, 0.15) is 39.6 Å². The van der Waals surface area contributed by atoms with Gasteiger partial charge in [-0.3, -0.25) is 10.1 Å². The van der Waals surface area contributed by atoms with Crippen LogP contribution in [-0.4, -0.2) is 113 Å². The number of ether oxygens (including phenoxy) is 6. The number of aryl methyl sites for hydroxylation is 1. The van der Waals surface area contributed by atoms with Crippen molar-refractivity contribution in [2.75, 3.05) is 39.6 Å². The maximum atomic E-state index is 11.1. The van der Waals surface area contributed by atoms with E-state index < -0.39 is 4.92 Å². The van der Waals surface area contributed by atoms with E-state index >= 15 is 0 Å². The van der Waals surface area contributed by atoms with Crippen LogP contribution >= 0.6 is 57.2 Å². The zero-order chi connectivity index (χ0) is 54.6. The predicted molar refractivity (Wildman–Crippen MR) is 285 cm³/mol. The average Bonchev–Trinajstić information content (AvgIpc) is 4.17. The topological polar surface area (TPSA) is 173 Å². The Kier molecular flexibility index (Phi) is 23.6. The number of nitro groups is 1. The van der Waals surface area contributed by atoms with Crippen LogP contribution in [0.3, 0.4) is 0 Å². The van der Waals surface area contributed by atoms with Gasteiger partial charge in [-0.05, 0) is 120 Å². The fourth-order valence-electron chi connectivity index (χ4n) is 7.22. The number of hydrogen-bond donors (Lipinski definition) is 0. The molecular weight excluding hydrogens is 1350 g/mol. The van der Waals surface area contributed by atoms with Crippen molar-refractivity contribution in [3.05, 3.63) is 110 Å². The van der Waals surface area contributed by atoms with E-state index in [1.165, 1.54) is 17.7 Å². The van der Waals surface area contributed by atoms with Gasteiger partial charge < -0.3 is 28.4 Å². The fourth-order valence-corrected chi connectivity index (χ4v) is 7.22. The van der Waals surface area contributed by atoms with E-state index in [1.807, 2.05) is 58.0 Å². The molecule has 0 fully saturated rings. The number of aliphatic imine (C=N–C) groups is 6. The first-order chi connectivity index (χ1) is 34.0. The zero-order valence-electron chi connectivity index (χ0n) is 42.6. The van der Waals surface area contributed by atoms with Gasteiger partial charge in [0, 0.05) is 39.9 Å². The van der Waals surface area contributed by atoms with E-state index in [1.54, 1.807) is 6.07 Å². The molecule has 6 heterocycles. The minimum atomic E-state index is -0.435. The molecule has 0 atom stereocenters. The molecule has 24 heteroatoms. The maximum absolute atomic E-state index is 11.1. The van der Waals surface area contributed by atoms with Crippen molar-refractivity contribution < 1.29 is 81.2 Å². The first-order valence-electron chi connectivity index (χ1n) is 22.4. The number of non-ortho nitro benzene ring substituents is 1. The van der Waals surface area contributed by atoms with E-state index in [4.69, 9.17) is 85.6 Å². The van der Waals surface area contributed by atoms with Crippen LogP contribution in [0.15, 0.2) is 90.6 Å². The normalized spacial score (nSPS) is 20.3. The first kappa shape index (κ1) is 63.1. The van der Waals surface area contributed by atoms with E-state index in [0.29, 0.717) is 86.2 Å². The quantitative estimate of drug-likeness (QED) is 0.128. The second-order valence-corrected chi connectivity index (χ2v) is 27.9. The summed E-state index contributed by atoms with van der Waals surface area (Å²) in [6.45, 7) is 29.8. The molecular formula is C49H61Cl6N7O8Pd3. The number of hydrogen-bond acceptors (Lipinski definition) is 14. The van der Waals surface area contributed by atoms with Crippen LogP contribution in [0, 0.1) is 17.0 Å². The van der Waals surface area contributed by atoms with Crippen molar-refractivity contribution >= 4 is 98.2 Å². The van der Waals surface area contributed by atoms with Crippen LogP contribution < -0.4 is 0 Å². The van der Waals surface area contributed by atoms with Crippen LogP contribution in [0.25, 0.3) is 0 Å². The van der Waals surface area contributed by atoms with Gasteiger partial charge in [-0.15, -0.1) is 0 Å². The van der Waals surface area contributed by atoms with Crippen molar-refractivity contribution in [3.63, 3.8) is 0 Å². The second-order valence-electron chi connectivity index (χ2n) is 20.8. The Morgan fingerprint density at radius 3 is 0.890 bits per heavy atom. The molecule has 73 heavy (non-hydrogen) atoms. The van der Waals surface area contributed by atoms with E-state index in [0.717, 1.165) is 22.3 Å². The summed E-state index contributed by atoms with van der Waals surface area (Å²) in [5.74, 6) is 3.60. The minimum absolute atomic E-state index is 0.0161. The van der Waals surface area contributed by atoms with Gasteiger partial charge in [0.2, 0.25) is 35.4 Å². The van der Waals surface area contributed by atoms with Crippen molar-refractivity contribution in [1.82, 2.24) is 0 Å². The van der Waals surface area contributed by atoms with Crippen LogP contribution in [0.5, 0.6) is 0 Å². The monoisotopic (exact) mass is 1400 g/mol. The molecule has 0 saturated carbocycles. The third-order valence-corrected chi connectivity index (χ3v) is 10.5. The summed E-state index contributed by atoms with van der Waals surface area (Å²) in [7, 11) is 28.9. The Labute approximate surface area is 477 Å². The molecule has 15 nitrogen and oxygen atoms in total. The number of nitrogens with zero attached hydrogens (tertiary/aromatic N) is 7. The molecule has 9 rings (SSSR count). The summed E-state index contributed by atoms with van der Waals surface area (Å²) in [5, 5.41) is 11.1. The van der Waals surface area contributed by atoms with E-state index in [2.05, 4.69) is 104 Å². The zero-order valence-corrected chi connectivity index (χ0v) is 51.8. The molecule has 6 aliphatic heterocycles. The van der Waals surface area contributed by atoms with Gasteiger partial charge in [0.25, 0.3) is 5.69 Å². The molecule has 0 N–H and O–H groups in total. The third kappa shape index (κ3) is 19.2. The summed E-state index contributed by atoms with van der Waals surface area (Å²) in [5.41, 5.74) is 4.85. The molecule has 0 aromatic heterocycles. The van der Waals surface area contributed by atoms with Gasteiger partial charge in [-0.25, -0.2) is 30.0 Å². The molecule has 412 valence electrons. The van der Waals surface area contributed by atoms with Gasteiger partial charge in [0.05, 0.1) is 43.7 Å². The van der Waals surface area contributed by atoms with Gasteiger partial charge in [-0.2, -0.15) is 0 Å². The van der Waals surface area contributed by atoms with Gasteiger partial charge >= 0.3 is 105 Å². The van der Waals surface area contributed by atoms with Crippen LogP contribution in [0.2, 0.25) is 0 Å². The number of rotatable bonds is 7. The van der Waals surface area contributed by atoms with Crippen LogP contribution in [0.1, 0.15) is 122 Å². The van der Waals surface area contributed by atoms with Crippen molar-refractivity contribution in [3.8, 4) is 0 Å². The molecule has 0 bridgehead atoms. The van der Waals surface area contributed by atoms with Gasteiger partial charge in [0.15, 0.2) is 0 Å². The molecule has 0 saturated heterocycles. The summed E-state index contributed by atoms with van der Waals surface area (Å²) < 4.78 is 34.4.